The number of nitrogens with zero attached hydrogens (tertiary/aromatic N) is 2. The molecule has 3 aromatic rings. The Morgan fingerprint density at radius 2 is 1.88 bits per heavy atom. The summed E-state index contributed by atoms with van der Waals surface area (Å²) < 4.78 is 0. The van der Waals surface area contributed by atoms with Gasteiger partial charge in [-0.1, -0.05) is 37.5 Å². The second-order valence-corrected chi connectivity index (χ2v) is 8.51. The zero-order chi connectivity index (χ0) is 22.5. The Bertz CT molecular complexity index is 1060. The first-order valence-corrected chi connectivity index (χ1v) is 11.3. The number of pyridine rings is 1. The number of hydrogen-bond donors (Lipinski definition) is 2. The topological polar surface area (TPSA) is 78.1 Å². The summed E-state index contributed by atoms with van der Waals surface area (Å²) in [5.41, 5.74) is 3.86. The Labute approximate surface area is 189 Å². The lowest BCUT2D eigenvalue weighted by molar-refractivity contribution is -0.123. The van der Waals surface area contributed by atoms with Gasteiger partial charge in [-0.15, -0.1) is 0 Å². The van der Waals surface area contributed by atoms with Crippen LogP contribution in [0.4, 0.5) is 5.69 Å². The summed E-state index contributed by atoms with van der Waals surface area (Å²) in [6.07, 6.45) is 10.4. The number of amides is 2. The molecule has 0 bridgehead atoms. The predicted octanol–water partition coefficient (Wildman–Crippen LogP) is 4.86. The zero-order valence-corrected chi connectivity index (χ0v) is 18.7. The number of rotatable bonds is 6. The van der Waals surface area contributed by atoms with Crippen molar-refractivity contribution in [1.29, 1.82) is 0 Å². The van der Waals surface area contributed by atoms with E-state index in [1.165, 1.54) is 6.42 Å². The number of nitrogens with one attached hydrogen (secondary N) is 2. The van der Waals surface area contributed by atoms with E-state index in [9.17, 15) is 9.59 Å². The van der Waals surface area contributed by atoms with E-state index in [1.54, 1.807) is 41.7 Å². The van der Waals surface area contributed by atoms with Gasteiger partial charge in [0.2, 0.25) is 5.91 Å². The fraction of sp³-hybridized carbons (Fsp3) is 0.346. The van der Waals surface area contributed by atoms with Crippen molar-refractivity contribution >= 4 is 17.5 Å². The minimum Gasteiger partial charge on any atom is -0.357 e. The highest BCUT2D eigenvalue weighted by atomic mass is 16.2. The second-order valence-electron chi connectivity index (χ2n) is 8.51. The van der Waals surface area contributed by atoms with Crippen molar-refractivity contribution in [2.24, 2.45) is 0 Å². The fourth-order valence-corrected chi connectivity index (χ4v) is 4.44. The molecule has 2 heterocycles. The first-order valence-electron chi connectivity index (χ1n) is 11.3. The van der Waals surface area contributed by atoms with Gasteiger partial charge < -0.3 is 10.3 Å². The molecule has 4 rings (SSSR count). The van der Waals surface area contributed by atoms with Gasteiger partial charge in [0.05, 0.1) is 0 Å². The molecule has 6 nitrogen and oxygen atoms in total. The monoisotopic (exact) mass is 430 g/mol. The van der Waals surface area contributed by atoms with Crippen LogP contribution in [-0.4, -0.2) is 27.8 Å². The fourth-order valence-electron chi connectivity index (χ4n) is 4.44. The van der Waals surface area contributed by atoms with Crippen molar-refractivity contribution in [2.45, 2.75) is 58.0 Å². The summed E-state index contributed by atoms with van der Waals surface area (Å²) in [6, 6.07) is 12.3. The minimum absolute atomic E-state index is 0.136. The lowest BCUT2D eigenvalue weighted by atomic mass is 9.94. The number of carbonyl (C=O) groups excluding carboxylic acids is 2. The van der Waals surface area contributed by atoms with Gasteiger partial charge in [-0.05, 0) is 62.1 Å². The molecular weight excluding hydrogens is 400 g/mol. The van der Waals surface area contributed by atoms with Gasteiger partial charge >= 0.3 is 0 Å². The first kappa shape index (κ1) is 21.8. The summed E-state index contributed by atoms with van der Waals surface area (Å²) in [4.78, 5) is 36.4. The molecule has 0 spiro atoms. The summed E-state index contributed by atoms with van der Waals surface area (Å²) in [6.45, 7) is 4.00. The van der Waals surface area contributed by atoms with E-state index in [1.807, 2.05) is 38.1 Å². The van der Waals surface area contributed by atoms with Crippen molar-refractivity contribution in [2.75, 3.05) is 4.90 Å². The Morgan fingerprint density at radius 1 is 1.06 bits per heavy atom. The average molecular weight is 431 g/mol. The summed E-state index contributed by atoms with van der Waals surface area (Å²) in [5.74, 6) is -0.429. The van der Waals surface area contributed by atoms with Crippen molar-refractivity contribution in [1.82, 2.24) is 15.3 Å². The first-order chi connectivity index (χ1) is 15.6. The highest BCUT2D eigenvalue weighted by Crippen LogP contribution is 2.33. The number of aryl methyl sites for hydroxylation is 1. The molecule has 2 N–H and O–H groups in total. The summed E-state index contributed by atoms with van der Waals surface area (Å²) in [7, 11) is 0. The third-order valence-corrected chi connectivity index (χ3v) is 6.34. The van der Waals surface area contributed by atoms with Crippen LogP contribution in [0.5, 0.6) is 0 Å². The average Bonchev–Trinajstić information content (AvgIpc) is 3.35. The number of H-pyrrole nitrogens is 1. The standard InChI is InChI=1S/C26H30N4O2/c1-18-9-6-14-23(19(18)2)30(26(32)22-13-8-16-28-22)24(20-10-7-15-27-17-20)25(31)29-21-11-4-3-5-12-21/h6-10,13-17,21,24,28H,3-5,11-12H2,1-2H3,(H,29,31). The van der Waals surface area contributed by atoms with Crippen molar-refractivity contribution < 1.29 is 9.59 Å². The molecule has 1 saturated carbocycles. The Balaban J connectivity index is 1.81. The molecule has 2 amide bonds. The second kappa shape index (κ2) is 9.81. The van der Waals surface area contributed by atoms with Crippen LogP contribution in [0.2, 0.25) is 0 Å². The molecule has 166 valence electrons. The number of benzene rings is 1. The third kappa shape index (κ3) is 4.59. The minimum atomic E-state index is -0.832. The molecule has 1 fully saturated rings. The van der Waals surface area contributed by atoms with Crippen molar-refractivity contribution in [3.63, 3.8) is 0 Å². The molecule has 0 radical (unpaired) electrons. The molecule has 1 aliphatic carbocycles. The van der Waals surface area contributed by atoms with Crippen LogP contribution in [0.1, 0.15) is 65.3 Å². The van der Waals surface area contributed by atoms with Crippen LogP contribution in [0, 0.1) is 13.8 Å². The molecule has 1 aliphatic rings. The molecule has 1 atom stereocenters. The summed E-state index contributed by atoms with van der Waals surface area (Å²) >= 11 is 0. The maximum absolute atomic E-state index is 13.8. The Morgan fingerprint density at radius 3 is 2.56 bits per heavy atom. The van der Waals surface area contributed by atoms with E-state index in [4.69, 9.17) is 0 Å². The van der Waals surface area contributed by atoms with Crippen molar-refractivity contribution in [3.05, 3.63) is 83.4 Å². The van der Waals surface area contributed by atoms with Gasteiger partial charge in [-0.25, -0.2) is 0 Å². The zero-order valence-electron chi connectivity index (χ0n) is 18.7. The number of aromatic amines is 1. The summed E-state index contributed by atoms with van der Waals surface area (Å²) in [5, 5.41) is 3.23. The molecule has 0 aliphatic heterocycles. The lowest BCUT2D eigenvalue weighted by Gasteiger charge is -2.34. The Hall–Kier alpha value is -3.41. The largest absolute Gasteiger partial charge is 0.357 e. The van der Waals surface area contributed by atoms with Gasteiger partial charge in [0, 0.05) is 35.9 Å². The highest BCUT2D eigenvalue weighted by Gasteiger charge is 2.35. The van der Waals surface area contributed by atoms with Crippen LogP contribution < -0.4 is 10.2 Å². The van der Waals surface area contributed by atoms with Crippen molar-refractivity contribution in [3.8, 4) is 0 Å². The molecule has 1 unspecified atom stereocenters. The van der Waals surface area contributed by atoms with E-state index in [0.717, 1.165) is 42.5 Å². The highest BCUT2D eigenvalue weighted by molar-refractivity contribution is 6.09. The van der Waals surface area contributed by atoms with E-state index in [0.29, 0.717) is 11.3 Å². The number of carbonyl (C=O) groups is 2. The van der Waals surface area contributed by atoms with E-state index >= 15 is 0 Å². The molecule has 0 saturated heterocycles. The molecule has 6 heteroatoms. The van der Waals surface area contributed by atoms with E-state index in [2.05, 4.69) is 15.3 Å². The Kier molecular flexibility index (Phi) is 6.69. The molecule has 2 aromatic heterocycles. The lowest BCUT2D eigenvalue weighted by Crippen LogP contribution is -2.47. The van der Waals surface area contributed by atoms with Gasteiger partial charge in [0.1, 0.15) is 11.7 Å². The molecule has 32 heavy (non-hydrogen) atoms. The SMILES string of the molecule is Cc1cccc(N(C(=O)c2ccc[nH]2)C(C(=O)NC2CCCCC2)c2cccnc2)c1C. The normalized spacial score (nSPS) is 15.2. The quantitative estimate of drug-likeness (QED) is 0.586. The van der Waals surface area contributed by atoms with Crippen LogP contribution >= 0.6 is 0 Å². The maximum atomic E-state index is 13.8. The van der Waals surface area contributed by atoms with Crippen LogP contribution in [0.25, 0.3) is 0 Å². The van der Waals surface area contributed by atoms with Gasteiger partial charge in [-0.3, -0.25) is 19.5 Å². The van der Waals surface area contributed by atoms with Gasteiger partial charge in [-0.2, -0.15) is 0 Å². The van der Waals surface area contributed by atoms with Gasteiger partial charge in [0.25, 0.3) is 5.91 Å². The van der Waals surface area contributed by atoms with Crippen LogP contribution in [0.3, 0.4) is 0 Å². The number of anilines is 1. The number of hydrogen-bond acceptors (Lipinski definition) is 3. The van der Waals surface area contributed by atoms with Crippen LogP contribution in [0.15, 0.2) is 61.1 Å². The van der Waals surface area contributed by atoms with Crippen LogP contribution in [-0.2, 0) is 4.79 Å². The third-order valence-electron chi connectivity index (χ3n) is 6.34. The van der Waals surface area contributed by atoms with E-state index < -0.39 is 6.04 Å². The predicted molar refractivity (Wildman–Crippen MR) is 126 cm³/mol. The number of aromatic nitrogens is 2. The molecular formula is C26H30N4O2. The molecule has 1 aromatic carbocycles. The van der Waals surface area contributed by atoms with Gasteiger partial charge in [0.15, 0.2) is 0 Å². The van der Waals surface area contributed by atoms with E-state index in [-0.39, 0.29) is 17.9 Å². The smallest absolute Gasteiger partial charge is 0.275 e. The maximum Gasteiger partial charge on any atom is 0.275 e.